The summed E-state index contributed by atoms with van der Waals surface area (Å²) in [5.74, 6) is 0.732. The van der Waals surface area contributed by atoms with Crippen LogP contribution in [0.25, 0.3) is 22.2 Å². The highest BCUT2D eigenvalue weighted by Crippen LogP contribution is 2.33. The molecule has 4 nitrogen and oxygen atoms in total. The number of halogens is 2. The number of hydrogen-bond acceptors (Lipinski definition) is 4. The summed E-state index contributed by atoms with van der Waals surface area (Å²) in [6.07, 6.45) is 9.13. The number of fused-ring (bicyclic) bond motifs is 1. The number of aliphatic hydroxyl groups excluding tert-OH is 1. The van der Waals surface area contributed by atoms with Crippen molar-refractivity contribution in [1.29, 1.82) is 0 Å². The van der Waals surface area contributed by atoms with E-state index in [0.717, 1.165) is 59.4 Å². The average Bonchev–Trinajstić information content (AvgIpc) is 2.89. The zero-order valence-corrected chi connectivity index (χ0v) is 23.4. The first-order valence-corrected chi connectivity index (χ1v) is 14.1. The van der Waals surface area contributed by atoms with Gasteiger partial charge in [-0.05, 0) is 61.8 Å². The Bertz CT molecular complexity index is 1090. The van der Waals surface area contributed by atoms with E-state index in [-0.39, 0.29) is 0 Å². The molecular formula is C30H40Cl2N2O2. The fourth-order valence-electron chi connectivity index (χ4n) is 4.60. The van der Waals surface area contributed by atoms with Gasteiger partial charge in [-0.15, -0.1) is 0 Å². The van der Waals surface area contributed by atoms with E-state index < -0.39 is 6.10 Å². The van der Waals surface area contributed by atoms with Crippen LogP contribution in [0.5, 0.6) is 5.75 Å². The molecule has 0 amide bonds. The highest BCUT2D eigenvalue weighted by atomic mass is 35.5. The lowest BCUT2D eigenvalue weighted by Gasteiger charge is -2.26. The molecule has 3 rings (SSSR count). The second-order valence-corrected chi connectivity index (χ2v) is 10.4. The van der Waals surface area contributed by atoms with Crippen LogP contribution in [0.3, 0.4) is 0 Å². The van der Waals surface area contributed by atoms with Crippen molar-refractivity contribution in [2.75, 3.05) is 26.7 Å². The molecule has 0 bridgehead atoms. The monoisotopic (exact) mass is 530 g/mol. The Hall–Kier alpha value is -1.85. The van der Waals surface area contributed by atoms with Gasteiger partial charge in [0.25, 0.3) is 0 Å². The quantitative estimate of drug-likeness (QED) is 0.199. The summed E-state index contributed by atoms with van der Waals surface area (Å²) >= 11 is 12.5. The molecule has 0 radical (unpaired) electrons. The first-order valence-electron chi connectivity index (χ1n) is 13.3. The third-order valence-corrected chi connectivity index (χ3v) is 7.45. The van der Waals surface area contributed by atoms with Crippen LogP contribution in [0, 0.1) is 0 Å². The second kappa shape index (κ2) is 14.8. The summed E-state index contributed by atoms with van der Waals surface area (Å²) in [7, 11) is 1.65. The molecule has 1 aromatic heterocycles. The van der Waals surface area contributed by atoms with Crippen LogP contribution in [0.1, 0.15) is 76.9 Å². The number of methoxy groups -OCH3 is 1. The Balaban J connectivity index is 1.92. The maximum absolute atomic E-state index is 11.5. The number of aromatic nitrogens is 1. The van der Waals surface area contributed by atoms with Crippen LogP contribution in [-0.4, -0.2) is 41.7 Å². The van der Waals surface area contributed by atoms with Gasteiger partial charge in [0.15, 0.2) is 0 Å². The minimum atomic E-state index is -0.636. The van der Waals surface area contributed by atoms with Crippen LogP contribution in [0.4, 0.5) is 0 Å². The van der Waals surface area contributed by atoms with Crippen LogP contribution in [-0.2, 0) is 0 Å². The van der Waals surface area contributed by atoms with Gasteiger partial charge in [-0.3, -0.25) is 0 Å². The SMILES string of the molecule is CCCCCCN(CCCCCC)CC(O)c1cc(-c2ccc(Cl)c(Cl)c2)nc2cc(OC)ccc12. The Morgan fingerprint density at radius 2 is 1.56 bits per heavy atom. The number of nitrogens with zero attached hydrogens (tertiary/aromatic N) is 2. The van der Waals surface area contributed by atoms with Crippen molar-refractivity contribution < 1.29 is 9.84 Å². The fraction of sp³-hybridized carbons (Fsp3) is 0.500. The topological polar surface area (TPSA) is 45.6 Å². The number of unbranched alkanes of at least 4 members (excludes halogenated alkanes) is 6. The van der Waals surface area contributed by atoms with Crippen molar-refractivity contribution in [3.8, 4) is 17.0 Å². The van der Waals surface area contributed by atoms with Gasteiger partial charge in [-0.1, -0.05) is 81.6 Å². The molecule has 36 heavy (non-hydrogen) atoms. The van der Waals surface area contributed by atoms with E-state index in [1.54, 1.807) is 13.2 Å². The second-order valence-electron chi connectivity index (χ2n) is 9.55. The Labute approximate surface area is 226 Å². The van der Waals surface area contributed by atoms with E-state index in [0.29, 0.717) is 16.6 Å². The van der Waals surface area contributed by atoms with Crippen LogP contribution >= 0.6 is 23.2 Å². The predicted octanol–water partition coefficient (Wildman–Crippen LogP) is 8.71. The molecule has 0 fully saturated rings. The predicted molar refractivity (Wildman–Crippen MR) is 153 cm³/mol. The first-order chi connectivity index (χ1) is 17.5. The number of benzene rings is 2. The van der Waals surface area contributed by atoms with E-state index >= 15 is 0 Å². The number of aliphatic hydroxyl groups is 1. The first kappa shape index (κ1) is 28.7. The number of rotatable bonds is 15. The molecule has 1 heterocycles. The number of hydrogen-bond donors (Lipinski definition) is 1. The van der Waals surface area contributed by atoms with Crippen LogP contribution < -0.4 is 4.74 Å². The van der Waals surface area contributed by atoms with Crippen molar-refractivity contribution >= 4 is 34.1 Å². The van der Waals surface area contributed by atoms with Gasteiger partial charge in [0.05, 0.1) is 34.5 Å². The van der Waals surface area contributed by atoms with Crippen LogP contribution in [0.2, 0.25) is 10.0 Å². The molecule has 0 saturated carbocycles. The Morgan fingerprint density at radius 1 is 0.861 bits per heavy atom. The molecule has 2 aromatic carbocycles. The highest BCUT2D eigenvalue weighted by Gasteiger charge is 2.19. The molecule has 0 aliphatic rings. The molecule has 1 unspecified atom stereocenters. The molecule has 1 N–H and O–H groups in total. The molecule has 3 aromatic rings. The molecule has 0 aliphatic carbocycles. The zero-order chi connectivity index (χ0) is 25.9. The lowest BCUT2D eigenvalue weighted by molar-refractivity contribution is 0.111. The maximum Gasteiger partial charge on any atom is 0.121 e. The van der Waals surface area contributed by atoms with Gasteiger partial charge in [-0.2, -0.15) is 0 Å². The average molecular weight is 532 g/mol. The lowest BCUT2D eigenvalue weighted by Crippen LogP contribution is -2.31. The number of pyridine rings is 1. The molecule has 0 saturated heterocycles. The van der Waals surface area contributed by atoms with E-state index in [4.69, 9.17) is 32.9 Å². The van der Waals surface area contributed by atoms with Crippen molar-refractivity contribution in [2.45, 2.75) is 71.3 Å². The summed E-state index contributed by atoms with van der Waals surface area (Å²) in [6, 6.07) is 13.3. The summed E-state index contributed by atoms with van der Waals surface area (Å²) in [5.41, 5.74) is 3.26. The summed E-state index contributed by atoms with van der Waals surface area (Å²) in [6.45, 7) is 7.10. The Kier molecular flexibility index (Phi) is 11.8. The van der Waals surface area contributed by atoms with Gasteiger partial charge in [0, 0.05) is 23.6 Å². The van der Waals surface area contributed by atoms with Crippen molar-refractivity contribution in [3.05, 3.63) is 58.1 Å². The van der Waals surface area contributed by atoms with Gasteiger partial charge in [-0.25, -0.2) is 4.98 Å². The summed E-state index contributed by atoms with van der Waals surface area (Å²) in [5, 5.41) is 13.5. The molecule has 196 valence electrons. The smallest absolute Gasteiger partial charge is 0.121 e. The van der Waals surface area contributed by atoms with Crippen molar-refractivity contribution in [2.24, 2.45) is 0 Å². The van der Waals surface area contributed by atoms with Gasteiger partial charge >= 0.3 is 0 Å². The van der Waals surface area contributed by atoms with Gasteiger partial charge < -0.3 is 14.7 Å². The number of ether oxygens (including phenoxy) is 1. The van der Waals surface area contributed by atoms with E-state index in [9.17, 15) is 5.11 Å². The van der Waals surface area contributed by atoms with E-state index in [1.165, 1.54) is 38.5 Å². The minimum absolute atomic E-state index is 0.481. The molecule has 1 atom stereocenters. The zero-order valence-electron chi connectivity index (χ0n) is 21.9. The third-order valence-electron chi connectivity index (χ3n) is 6.71. The van der Waals surface area contributed by atoms with E-state index in [2.05, 4.69) is 18.7 Å². The molecular weight excluding hydrogens is 491 g/mol. The lowest BCUT2D eigenvalue weighted by atomic mass is 9.99. The molecule has 0 spiro atoms. The van der Waals surface area contributed by atoms with Gasteiger partial charge in [0.2, 0.25) is 0 Å². The normalized spacial score (nSPS) is 12.4. The standard InChI is InChI=1S/C30H40Cl2N2O2/c1-4-6-8-10-16-34(17-11-9-7-5-2)21-30(35)25-20-28(22-12-15-26(31)27(32)18-22)33-29-19-23(36-3)13-14-24(25)29/h12-15,18-20,30,35H,4-11,16-17,21H2,1-3H3. The fourth-order valence-corrected chi connectivity index (χ4v) is 4.90. The van der Waals surface area contributed by atoms with Crippen molar-refractivity contribution in [3.63, 3.8) is 0 Å². The van der Waals surface area contributed by atoms with Gasteiger partial charge in [0.1, 0.15) is 5.75 Å². The summed E-state index contributed by atoms with van der Waals surface area (Å²) < 4.78 is 5.45. The maximum atomic E-state index is 11.5. The molecule has 0 aliphatic heterocycles. The van der Waals surface area contributed by atoms with E-state index in [1.807, 2.05) is 36.4 Å². The third kappa shape index (κ3) is 8.08. The van der Waals surface area contributed by atoms with Crippen LogP contribution in [0.15, 0.2) is 42.5 Å². The van der Waals surface area contributed by atoms with Crippen molar-refractivity contribution in [1.82, 2.24) is 9.88 Å². The summed E-state index contributed by atoms with van der Waals surface area (Å²) in [4.78, 5) is 7.32. The largest absolute Gasteiger partial charge is 0.497 e. The molecule has 6 heteroatoms. The highest BCUT2D eigenvalue weighted by molar-refractivity contribution is 6.42. The minimum Gasteiger partial charge on any atom is -0.497 e. The Morgan fingerprint density at radius 3 is 2.17 bits per heavy atom.